The molecule has 98 valence electrons. The molecule has 0 spiro atoms. The molecule has 1 aliphatic rings. The van der Waals surface area contributed by atoms with Crippen molar-refractivity contribution in [1.82, 2.24) is 9.97 Å². The number of halogens is 1. The lowest BCUT2D eigenvalue weighted by atomic mass is 10.0. The molecule has 0 atom stereocenters. The van der Waals surface area contributed by atoms with Crippen molar-refractivity contribution in [2.75, 3.05) is 18.0 Å². The molecule has 0 amide bonds. The quantitative estimate of drug-likeness (QED) is 0.748. The lowest BCUT2D eigenvalue weighted by Gasteiger charge is -2.21. The van der Waals surface area contributed by atoms with Crippen molar-refractivity contribution in [2.24, 2.45) is 0 Å². The Morgan fingerprint density at radius 1 is 1.05 bits per heavy atom. The van der Waals surface area contributed by atoms with Gasteiger partial charge >= 0.3 is 0 Å². The van der Waals surface area contributed by atoms with Crippen LogP contribution in [0, 0.1) is 6.92 Å². The molecule has 0 aliphatic carbocycles. The molecule has 0 N–H and O–H groups in total. The van der Waals surface area contributed by atoms with Crippen LogP contribution < -0.4 is 4.90 Å². The van der Waals surface area contributed by atoms with Gasteiger partial charge in [0.05, 0.1) is 0 Å². The highest BCUT2D eigenvalue weighted by Crippen LogP contribution is 2.21. The molecular weight excluding hydrogens is 258 g/mol. The molecular formula is C15H16ClN3. The van der Waals surface area contributed by atoms with Gasteiger partial charge in [0.15, 0.2) is 0 Å². The van der Waals surface area contributed by atoms with Gasteiger partial charge in [0.1, 0.15) is 16.8 Å². The second-order valence-electron chi connectivity index (χ2n) is 4.85. The molecule has 2 heterocycles. The van der Waals surface area contributed by atoms with E-state index in [-0.39, 0.29) is 0 Å². The number of hydrogen-bond donors (Lipinski definition) is 0. The summed E-state index contributed by atoms with van der Waals surface area (Å²) in [6, 6.07) is 10.5. The lowest BCUT2D eigenvalue weighted by Crippen LogP contribution is -2.27. The zero-order valence-corrected chi connectivity index (χ0v) is 11.7. The normalized spacial score (nSPS) is 14.9. The minimum Gasteiger partial charge on any atom is -0.356 e. The third-order valence-corrected chi connectivity index (χ3v) is 3.73. The Labute approximate surface area is 118 Å². The van der Waals surface area contributed by atoms with Crippen molar-refractivity contribution < 1.29 is 0 Å². The van der Waals surface area contributed by atoms with Gasteiger partial charge in [0, 0.05) is 19.2 Å². The Kier molecular flexibility index (Phi) is 3.38. The lowest BCUT2D eigenvalue weighted by molar-refractivity contribution is 0.784. The van der Waals surface area contributed by atoms with E-state index in [0.29, 0.717) is 5.15 Å². The molecule has 2 aromatic rings. The van der Waals surface area contributed by atoms with Gasteiger partial charge in [-0.15, -0.1) is 0 Å². The topological polar surface area (TPSA) is 29.0 Å². The second kappa shape index (κ2) is 5.17. The summed E-state index contributed by atoms with van der Waals surface area (Å²) in [4.78, 5) is 10.9. The fraction of sp³-hybridized carbons (Fsp3) is 0.333. The average molecular weight is 274 g/mol. The van der Waals surface area contributed by atoms with E-state index >= 15 is 0 Å². The van der Waals surface area contributed by atoms with E-state index in [4.69, 9.17) is 11.6 Å². The van der Waals surface area contributed by atoms with Crippen molar-refractivity contribution in [3.63, 3.8) is 0 Å². The van der Waals surface area contributed by atoms with Crippen molar-refractivity contribution in [3.8, 4) is 0 Å². The van der Waals surface area contributed by atoms with Gasteiger partial charge in [-0.2, -0.15) is 0 Å². The fourth-order valence-electron chi connectivity index (χ4n) is 2.58. The molecule has 0 unspecified atom stereocenters. The molecule has 3 rings (SSSR count). The monoisotopic (exact) mass is 273 g/mol. The standard InChI is InChI=1S/C15H16ClN3/c1-11-17-14(16)10-15(18-11)19-8-6-12-4-2-3-5-13(12)7-9-19/h2-5,10H,6-9H2,1H3. The molecule has 0 fully saturated rings. The highest BCUT2D eigenvalue weighted by atomic mass is 35.5. The molecule has 19 heavy (non-hydrogen) atoms. The highest BCUT2D eigenvalue weighted by molar-refractivity contribution is 6.29. The maximum absolute atomic E-state index is 6.02. The summed E-state index contributed by atoms with van der Waals surface area (Å²) >= 11 is 6.02. The van der Waals surface area contributed by atoms with E-state index in [9.17, 15) is 0 Å². The van der Waals surface area contributed by atoms with Crippen LogP contribution in [0.3, 0.4) is 0 Å². The number of aromatic nitrogens is 2. The largest absolute Gasteiger partial charge is 0.356 e. The highest BCUT2D eigenvalue weighted by Gasteiger charge is 2.15. The molecule has 0 radical (unpaired) electrons. The molecule has 0 saturated heterocycles. The van der Waals surface area contributed by atoms with Crippen LogP contribution in [0.1, 0.15) is 17.0 Å². The minimum atomic E-state index is 0.518. The van der Waals surface area contributed by atoms with Gasteiger partial charge in [-0.05, 0) is 30.9 Å². The maximum atomic E-state index is 6.02. The minimum absolute atomic E-state index is 0.518. The van der Waals surface area contributed by atoms with Crippen LogP contribution in [0.25, 0.3) is 0 Å². The first kappa shape index (κ1) is 12.4. The molecule has 0 saturated carbocycles. The number of hydrogen-bond acceptors (Lipinski definition) is 3. The van der Waals surface area contributed by atoms with Crippen molar-refractivity contribution in [1.29, 1.82) is 0 Å². The van der Waals surface area contributed by atoms with Gasteiger partial charge < -0.3 is 4.90 Å². The number of aryl methyl sites for hydroxylation is 1. The van der Waals surface area contributed by atoms with Gasteiger partial charge in [-0.1, -0.05) is 35.9 Å². The maximum Gasteiger partial charge on any atom is 0.134 e. The smallest absolute Gasteiger partial charge is 0.134 e. The number of anilines is 1. The fourth-order valence-corrected chi connectivity index (χ4v) is 2.80. The van der Waals surface area contributed by atoms with Crippen molar-refractivity contribution in [3.05, 3.63) is 52.4 Å². The molecule has 4 heteroatoms. The molecule has 1 aliphatic heterocycles. The van der Waals surface area contributed by atoms with Crippen LogP contribution in [-0.2, 0) is 12.8 Å². The first-order valence-corrected chi connectivity index (χ1v) is 6.93. The predicted octanol–water partition coefficient (Wildman–Crippen LogP) is 3.04. The first-order chi connectivity index (χ1) is 9.22. The predicted molar refractivity (Wildman–Crippen MR) is 77.8 cm³/mol. The van der Waals surface area contributed by atoms with Gasteiger partial charge in [-0.25, -0.2) is 9.97 Å². The van der Waals surface area contributed by atoms with E-state index in [0.717, 1.165) is 37.6 Å². The van der Waals surface area contributed by atoms with E-state index in [1.165, 1.54) is 11.1 Å². The summed E-state index contributed by atoms with van der Waals surface area (Å²) in [5, 5.41) is 0.518. The van der Waals surface area contributed by atoms with Crippen LogP contribution in [0.5, 0.6) is 0 Å². The van der Waals surface area contributed by atoms with Gasteiger partial charge in [0.25, 0.3) is 0 Å². The van der Waals surface area contributed by atoms with Gasteiger partial charge in [-0.3, -0.25) is 0 Å². The molecule has 1 aromatic heterocycles. The summed E-state index contributed by atoms with van der Waals surface area (Å²) in [5.74, 6) is 1.66. The number of nitrogens with zero attached hydrogens (tertiary/aromatic N) is 3. The number of fused-ring (bicyclic) bond motifs is 1. The first-order valence-electron chi connectivity index (χ1n) is 6.55. The second-order valence-corrected chi connectivity index (χ2v) is 5.24. The number of rotatable bonds is 1. The van der Waals surface area contributed by atoms with Crippen molar-refractivity contribution >= 4 is 17.4 Å². The molecule has 0 bridgehead atoms. The third-order valence-electron chi connectivity index (χ3n) is 3.54. The Balaban J connectivity index is 1.85. The third kappa shape index (κ3) is 2.71. The Morgan fingerprint density at radius 2 is 1.68 bits per heavy atom. The molecule has 3 nitrogen and oxygen atoms in total. The van der Waals surface area contributed by atoms with Gasteiger partial charge in [0.2, 0.25) is 0 Å². The SMILES string of the molecule is Cc1nc(Cl)cc(N2CCc3ccccc3CC2)n1. The van der Waals surface area contributed by atoms with E-state index in [2.05, 4.69) is 39.1 Å². The average Bonchev–Trinajstić information content (AvgIpc) is 2.60. The van der Waals surface area contributed by atoms with Crippen molar-refractivity contribution in [2.45, 2.75) is 19.8 Å². The summed E-state index contributed by atoms with van der Waals surface area (Å²) in [5.41, 5.74) is 2.89. The summed E-state index contributed by atoms with van der Waals surface area (Å²) < 4.78 is 0. The van der Waals surface area contributed by atoms with Crippen LogP contribution >= 0.6 is 11.6 Å². The summed E-state index contributed by atoms with van der Waals surface area (Å²) in [7, 11) is 0. The van der Waals surface area contributed by atoms with E-state index in [1.54, 1.807) is 0 Å². The summed E-state index contributed by atoms with van der Waals surface area (Å²) in [6.07, 6.45) is 2.10. The van der Waals surface area contributed by atoms with E-state index < -0.39 is 0 Å². The number of benzene rings is 1. The van der Waals surface area contributed by atoms with Crippen LogP contribution in [0.2, 0.25) is 5.15 Å². The van der Waals surface area contributed by atoms with Crippen LogP contribution in [0.15, 0.2) is 30.3 Å². The van der Waals surface area contributed by atoms with Crippen LogP contribution in [0.4, 0.5) is 5.82 Å². The van der Waals surface area contributed by atoms with E-state index in [1.807, 2.05) is 13.0 Å². The zero-order valence-electron chi connectivity index (χ0n) is 10.9. The Bertz CT molecular complexity index is 550. The van der Waals surface area contributed by atoms with Crippen LogP contribution in [-0.4, -0.2) is 23.1 Å². The Hall–Kier alpha value is -1.61. The summed E-state index contributed by atoms with van der Waals surface area (Å²) in [6.45, 7) is 3.83. The zero-order chi connectivity index (χ0) is 13.2. The molecule has 1 aromatic carbocycles. The Morgan fingerprint density at radius 3 is 2.26 bits per heavy atom.